The number of nitrogens with zero attached hydrogens (tertiary/aromatic N) is 1. The third-order valence-corrected chi connectivity index (χ3v) is 1.98. The van der Waals surface area contributed by atoms with E-state index >= 15 is 0 Å². The Kier molecular flexibility index (Phi) is 4.86. The predicted octanol–water partition coefficient (Wildman–Crippen LogP) is 1.74. The topological polar surface area (TPSA) is 33.6 Å². The van der Waals surface area contributed by atoms with Gasteiger partial charge in [-0.2, -0.15) is 0 Å². The van der Waals surface area contributed by atoms with Gasteiger partial charge >= 0.3 is 0 Å². The molecule has 0 aromatic rings. The van der Waals surface area contributed by atoms with Gasteiger partial charge in [0.15, 0.2) is 0 Å². The Morgan fingerprint density at radius 1 is 1.45 bits per heavy atom. The first kappa shape index (κ1) is 10.4. The molecule has 0 unspecified atom stereocenters. The molecule has 3 nitrogen and oxygen atoms in total. The van der Waals surface area contributed by atoms with Crippen molar-refractivity contribution in [1.82, 2.24) is 5.48 Å². The lowest BCUT2D eigenvalue weighted by Gasteiger charge is -2.25. The molecule has 0 aliphatic carbocycles. The minimum absolute atomic E-state index is 0.0683. The van der Waals surface area contributed by atoms with Gasteiger partial charge in [0.1, 0.15) is 6.34 Å². The van der Waals surface area contributed by atoms with E-state index in [1.54, 1.807) is 13.4 Å². The van der Waals surface area contributed by atoms with E-state index in [0.29, 0.717) is 0 Å². The van der Waals surface area contributed by atoms with Crippen LogP contribution in [0.3, 0.4) is 0 Å². The van der Waals surface area contributed by atoms with Crippen molar-refractivity contribution in [3.8, 4) is 0 Å². The van der Waals surface area contributed by atoms with Crippen molar-refractivity contribution in [1.29, 1.82) is 0 Å². The Morgan fingerprint density at radius 3 is 2.36 bits per heavy atom. The van der Waals surface area contributed by atoms with E-state index < -0.39 is 0 Å². The largest absolute Gasteiger partial charge is 0.277 e. The van der Waals surface area contributed by atoms with Crippen LogP contribution in [0.25, 0.3) is 0 Å². The average molecular weight is 158 g/mol. The summed E-state index contributed by atoms with van der Waals surface area (Å²) in [6.07, 6.45) is 3.53. The van der Waals surface area contributed by atoms with Gasteiger partial charge in [-0.05, 0) is 19.8 Å². The zero-order valence-corrected chi connectivity index (χ0v) is 7.85. The fourth-order valence-corrected chi connectivity index (χ4v) is 0.616. The van der Waals surface area contributed by atoms with E-state index in [2.05, 4.69) is 31.2 Å². The molecule has 0 amide bonds. The molecule has 0 spiro atoms. The molecule has 0 radical (unpaired) electrons. The molecule has 0 saturated carbocycles. The SMILES string of the molecule is CCC(C)(CC)ONC=NC. The lowest BCUT2D eigenvalue weighted by Crippen LogP contribution is -2.33. The molecule has 0 bridgehead atoms. The smallest absolute Gasteiger partial charge is 0.106 e. The lowest BCUT2D eigenvalue weighted by atomic mass is 10.0. The van der Waals surface area contributed by atoms with E-state index in [1.807, 2.05) is 0 Å². The van der Waals surface area contributed by atoms with Crippen molar-refractivity contribution in [2.75, 3.05) is 7.05 Å². The van der Waals surface area contributed by atoms with Crippen LogP contribution >= 0.6 is 0 Å². The van der Waals surface area contributed by atoms with E-state index in [-0.39, 0.29) is 5.60 Å². The minimum atomic E-state index is -0.0683. The number of hydrogen-bond acceptors (Lipinski definition) is 2. The first-order valence-corrected chi connectivity index (χ1v) is 4.02. The van der Waals surface area contributed by atoms with Crippen LogP contribution in [-0.4, -0.2) is 19.0 Å². The zero-order valence-electron chi connectivity index (χ0n) is 7.85. The zero-order chi connectivity index (χ0) is 8.74. The van der Waals surface area contributed by atoms with Gasteiger partial charge in [0.2, 0.25) is 0 Å². The third-order valence-electron chi connectivity index (χ3n) is 1.98. The molecule has 66 valence electrons. The summed E-state index contributed by atoms with van der Waals surface area (Å²) in [7, 11) is 1.70. The highest BCUT2D eigenvalue weighted by Gasteiger charge is 2.19. The minimum Gasteiger partial charge on any atom is -0.277 e. The predicted molar refractivity (Wildman–Crippen MR) is 47.6 cm³/mol. The van der Waals surface area contributed by atoms with Crippen LogP contribution in [0.15, 0.2) is 4.99 Å². The Labute approximate surface area is 68.8 Å². The summed E-state index contributed by atoms with van der Waals surface area (Å²) in [6.45, 7) is 6.28. The van der Waals surface area contributed by atoms with E-state index in [1.165, 1.54) is 0 Å². The first-order valence-electron chi connectivity index (χ1n) is 4.02. The third kappa shape index (κ3) is 3.98. The monoisotopic (exact) mass is 158 g/mol. The highest BCUT2D eigenvalue weighted by atomic mass is 16.7. The summed E-state index contributed by atoms with van der Waals surface area (Å²) in [6, 6.07) is 0. The van der Waals surface area contributed by atoms with Crippen LogP contribution in [0.2, 0.25) is 0 Å². The van der Waals surface area contributed by atoms with E-state index in [4.69, 9.17) is 4.84 Å². The number of aliphatic imine (C=N–C) groups is 1. The maximum Gasteiger partial charge on any atom is 0.106 e. The van der Waals surface area contributed by atoms with Gasteiger partial charge < -0.3 is 0 Å². The van der Waals surface area contributed by atoms with E-state index in [9.17, 15) is 0 Å². The Hall–Kier alpha value is -0.570. The highest BCUT2D eigenvalue weighted by molar-refractivity contribution is 5.52. The molecule has 1 N–H and O–H groups in total. The molecule has 0 aromatic carbocycles. The van der Waals surface area contributed by atoms with Crippen LogP contribution in [0.1, 0.15) is 33.6 Å². The number of nitrogens with one attached hydrogen (secondary N) is 1. The second kappa shape index (κ2) is 5.13. The van der Waals surface area contributed by atoms with Gasteiger partial charge in [-0.15, -0.1) is 0 Å². The summed E-state index contributed by atoms with van der Waals surface area (Å²) >= 11 is 0. The van der Waals surface area contributed by atoms with Gasteiger partial charge in [0.05, 0.1) is 5.60 Å². The van der Waals surface area contributed by atoms with Gasteiger partial charge in [-0.1, -0.05) is 13.8 Å². The van der Waals surface area contributed by atoms with E-state index in [0.717, 1.165) is 12.8 Å². The van der Waals surface area contributed by atoms with Gasteiger partial charge in [0.25, 0.3) is 0 Å². The van der Waals surface area contributed by atoms with Crippen molar-refractivity contribution in [2.24, 2.45) is 4.99 Å². The fraction of sp³-hybridized carbons (Fsp3) is 0.875. The molecular weight excluding hydrogens is 140 g/mol. The Morgan fingerprint density at radius 2 is 2.00 bits per heavy atom. The Balaban J connectivity index is 3.68. The highest BCUT2D eigenvalue weighted by Crippen LogP contribution is 2.16. The summed E-state index contributed by atoms with van der Waals surface area (Å²) < 4.78 is 0. The molecule has 0 aromatic heterocycles. The second-order valence-corrected chi connectivity index (χ2v) is 2.76. The summed E-state index contributed by atoms with van der Waals surface area (Å²) in [5.41, 5.74) is 2.62. The maximum atomic E-state index is 5.37. The van der Waals surface area contributed by atoms with Gasteiger partial charge in [-0.25, -0.2) is 0 Å². The maximum absolute atomic E-state index is 5.37. The molecule has 3 heteroatoms. The molecule has 0 aliphatic rings. The quantitative estimate of drug-likeness (QED) is 0.375. The second-order valence-electron chi connectivity index (χ2n) is 2.76. The number of hydroxylamine groups is 1. The number of rotatable bonds is 5. The van der Waals surface area contributed by atoms with Crippen LogP contribution in [0.5, 0.6) is 0 Å². The van der Waals surface area contributed by atoms with Crippen molar-refractivity contribution >= 4 is 6.34 Å². The Bertz CT molecular complexity index is 119. The molecule has 0 rings (SSSR count). The molecule has 0 aliphatic heterocycles. The van der Waals surface area contributed by atoms with Crippen LogP contribution < -0.4 is 5.48 Å². The molecule has 0 atom stereocenters. The average Bonchev–Trinajstić information content (AvgIpc) is 2.05. The number of hydrogen-bond donors (Lipinski definition) is 1. The van der Waals surface area contributed by atoms with Crippen LogP contribution in [0.4, 0.5) is 0 Å². The van der Waals surface area contributed by atoms with Crippen molar-refractivity contribution in [2.45, 2.75) is 39.2 Å². The van der Waals surface area contributed by atoms with Crippen molar-refractivity contribution in [3.63, 3.8) is 0 Å². The van der Waals surface area contributed by atoms with Gasteiger partial charge in [0, 0.05) is 7.05 Å². The van der Waals surface area contributed by atoms with Gasteiger partial charge in [-0.3, -0.25) is 15.3 Å². The lowest BCUT2D eigenvalue weighted by molar-refractivity contribution is -0.0711. The summed E-state index contributed by atoms with van der Waals surface area (Å²) in [5, 5.41) is 0. The summed E-state index contributed by atoms with van der Waals surface area (Å²) in [5.74, 6) is 0. The van der Waals surface area contributed by atoms with Crippen LogP contribution in [-0.2, 0) is 4.84 Å². The van der Waals surface area contributed by atoms with Crippen molar-refractivity contribution in [3.05, 3.63) is 0 Å². The van der Waals surface area contributed by atoms with Crippen molar-refractivity contribution < 1.29 is 4.84 Å². The molecule has 0 heterocycles. The normalized spacial score (nSPS) is 12.4. The molecular formula is C8H18N2O. The molecule has 0 saturated heterocycles. The summed E-state index contributed by atoms with van der Waals surface area (Å²) in [4.78, 5) is 9.12. The van der Waals surface area contributed by atoms with Crippen LogP contribution in [0, 0.1) is 0 Å². The fourth-order valence-electron chi connectivity index (χ4n) is 0.616. The first-order chi connectivity index (χ1) is 5.18. The molecule has 11 heavy (non-hydrogen) atoms. The molecule has 0 fully saturated rings. The standard InChI is InChI=1S/C8H18N2O/c1-5-8(3,6-2)11-10-7-9-4/h7H,5-6H2,1-4H3,(H,9,10).